The molecule has 3 aliphatic carbocycles. The minimum absolute atomic E-state index is 0.114. The van der Waals surface area contributed by atoms with E-state index in [1.165, 1.54) is 18.5 Å². The quantitative estimate of drug-likeness (QED) is 0.792. The van der Waals surface area contributed by atoms with E-state index in [1.807, 2.05) is 11.8 Å². The van der Waals surface area contributed by atoms with Gasteiger partial charge in [-0.2, -0.15) is 0 Å². The van der Waals surface area contributed by atoms with E-state index in [-0.39, 0.29) is 16.7 Å². The Labute approximate surface area is 170 Å². The lowest BCUT2D eigenvalue weighted by atomic mass is 9.49. The SMILES string of the molecule is CCN(CC)C(=O)C1CC[C@H]2[C@@H]3CNC4=C(C)C(=O)CC[C@]4(C)[C@H]3CC[C@]12C. The van der Waals surface area contributed by atoms with E-state index in [0.717, 1.165) is 44.5 Å². The van der Waals surface area contributed by atoms with Crippen LogP contribution in [0.5, 0.6) is 0 Å². The summed E-state index contributed by atoms with van der Waals surface area (Å²) in [4.78, 5) is 27.6. The fourth-order valence-corrected chi connectivity index (χ4v) is 7.70. The number of nitrogens with zero attached hydrogens (tertiary/aromatic N) is 1. The van der Waals surface area contributed by atoms with Crippen LogP contribution in [0.15, 0.2) is 11.3 Å². The maximum atomic E-state index is 13.3. The van der Waals surface area contributed by atoms with Gasteiger partial charge in [-0.3, -0.25) is 9.59 Å². The van der Waals surface area contributed by atoms with Crippen LogP contribution < -0.4 is 5.32 Å². The molecule has 6 atom stereocenters. The van der Waals surface area contributed by atoms with Crippen LogP contribution in [0.3, 0.4) is 0 Å². The molecule has 28 heavy (non-hydrogen) atoms. The molecule has 0 bridgehead atoms. The summed E-state index contributed by atoms with van der Waals surface area (Å²) < 4.78 is 0. The van der Waals surface area contributed by atoms with Gasteiger partial charge in [-0.15, -0.1) is 0 Å². The molecule has 3 fully saturated rings. The van der Waals surface area contributed by atoms with Gasteiger partial charge in [0.1, 0.15) is 0 Å². The van der Waals surface area contributed by atoms with E-state index in [9.17, 15) is 9.59 Å². The first-order valence-electron chi connectivity index (χ1n) is 11.5. The van der Waals surface area contributed by atoms with Gasteiger partial charge in [0, 0.05) is 48.7 Å². The monoisotopic (exact) mass is 386 g/mol. The van der Waals surface area contributed by atoms with Crippen LogP contribution >= 0.6 is 0 Å². The van der Waals surface area contributed by atoms with Crippen LogP contribution in [0.25, 0.3) is 0 Å². The standard InChI is InChI=1S/C24H38N2O2/c1-6-26(7-2)22(28)19-9-8-17-16-14-25-21-15(3)20(27)11-13-24(21,5)18(16)10-12-23(17,19)4/h16-19,25H,6-14H2,1-5H3/t16-,17-,18-,19?,23-,24+/m0/s1. The molecule has 156 valence electrons. The fourth-order valence-electron chi connectivity index (χ4n) is 7.70. The van der Waals surface area contributed by atoms with Crippen molar-refractivity contribution in [2.45, 2.75) is 73.1 Å². The molecule has 0 spiro atoms. The lowest BCUT2D eigenvalue weighted by Gasteiger charge is -2.58. The smallest absolute Gasteiger partial charge is 0.226 e. The Bertz CT molecular complexity index is 709. The van der Waals surface area contributed by atoms with Crippen molar-refractivity contribution in [2.75, 3.05) is 19.6 Å². The number of piperidine rings is 1. The number of amides is 1. The summed E-state index contributed by atoms with van der Waals surface area (Å²) in [6.45, 7) is 13.6. The van der Waals surface area contributed by atoms with Crippen LogP contribution in [-0.2, 0) is 9.59 Å². The molecule has 1 unspecified atom stereocenters. The Hall–Kier alpha value is -1.32. The van der Waals surface area contributed by atoms with E-state index in [4.69, 9.17) is 0 Å². The van der Waals surface area contributed by atoms with Crippen molar-refractivity contribution >= 4 is 11.7 Å². The van der Waals surface area contributed by atoms with E-state index in [2.05, 4.69) is 33.0 Å². The molecule has 1 aliphatic heterocycles. The number of allylic oxidation sites excluding steroid dienone is 2. The van der Waals surface area contributed by atoms with E-state index >= 15 is 0 Å². The Balaban J connectivity index is 1.62. The molecule has 0 radical (unpaired) electrons. The summed E-state index contributed by atoms with van der Waals surface area (Å²) in [5.41, 5.74) is 2.46. The van der Waals surface area contributed by atoms with Crippen LogP contribution in [0.1, 0.15) is 73.1 Å². The van der Waals surface area contributed by atoms with Crippen molar-refractivity contribution in [1.29, 1.82) is 0 Å². The Kier molecular flexibility index (Phi) is 4.91. The molecule has 4 heteroatoms. The molecule has 1 N–H and O–H groups in total. The number of hydrogen-bond acceptors (Lipinski definition) is 3. The second-order valence-electron chi connectivity index (χ2n) is 10.3. The fraction of sp³-hybridized carbons (Fsp3) is 0.833. The van der Waals surface area contributed by atoms with Crippen molar-refractivity contribution in [3.05, 3.63) is 11.3 Å². The summed E-state index contributed by atoms with van der Waals surface area (Å²) in [7, 11) is 0. The lowest BCUT2D eigenvalue weighted by Crippen LogP contribution is -2.57. The highest BCUT2D eigenvalue weighted by Crippen LogP contribution is 2.64. The zero-order valence-electron chi connectivity index (χ0n) is 18.4. The second kappa shape index (κ2) is 6.88. The molecule has 0 aromatic rings. The molecule has 0 aromatic carbocycles. The molecule has 1 heterocycles. The van der Waals surface area contributed by atoms with Gasteiger partial charge in [0.2, 0.25) is 5.91 Å². The molecule has 4 nitrogen and oxygen atoms in total. The third kappa shape index (κ3) is 2.62. The van der Waals surface area contributed by atoms with E-state index in [1.54, 1.807) is 0 Å². The van der Waals surface area contributed by atoms with Crippen LogP contribution in [0, 0.1) is 34.5 Å². The van der Waals surface area contributed by atoms with Gasteiger partial charge in [0.15, 0.2) is 5.78 Å². The van der Waals surface area contributed by atoms with Crippen molar-refractivity contribution < 1.29 is 9.59 Å². The highest BCUT2D eigenvalue weighted by atomic mass is 16.2. The Morgan fingerprint density at radius 1 is 1.11 bits per heavy atom. The molecule has 4 aliphatic rings. The van der Waals surface area contributed by atoms with Gasteiger partial charge in [0.25, 0.3) is 0 Å². The molecule has 2 saturated carbocycles. The third-order valence-corrected chi connectivity index (χ3v) is 9.38. The van der Waals surface area contributed by atoms with Crippen molar-refractivity contribution in [2.24, 2.45) is 34.5 Å². The topological polar surface area (TPSA) is 49.4 Å². The zero-order valence-corrected chi connectivity index (χ0v) is 18.4. The third-order valence-electron chi connectivity index (χ3n) is 9.38. The highest BCUT2D eigenvalue weighted by molar-refractivity contribution is 5.96. The number of ketones is 1. The number of rotatable bonds is 3. The average Bonchev–Trinajstić information content (AvgIpc) is 3.03. The summed E-state index contributed by atoms with van der Waals surface area (Å²) >= 11 is 0. The number of hydrogen-bond donors (Lipinski definition) is 1. The summed E-state index contributed by atoms with van der Waals surface area (Å²) in [6, 6.07) is 0. The van der Waals surface area contributed by atoms with Gasteiger partial charge in [-0.1, -0.05) is 13.8 Å². The van der Waals surface area contributed by atoms with Crippen molar-refractivity contribution in [3.8, 4) is 0 Å². The maximum Gasteiger partial charge on any atom is 0.226 e. The molecule has 1 saturated heterocycles. The minimum Gasteiger partial charge on any atom is -0.387 e. The van der Waals surface area contributed by atoms with Crippen LogP contribution in [0.4, 0.5) is 0 Å². The van der Waals surface area contributed by atoms with Gasteiger partial charge in [-0.25, -0.2) is 0 Å². The second-order valence-corrected chi connectivity index (χ2v) is 10.3. The van der Waals surface area contributed by atoms with Crippen molar-refractivity contribution in [1.82, 2.24) is 10.2 Å². The van der Waals surface area contributed by atoms with Gasteiger partial charge in [-0.05, 0) is 76.0 Å². The normalized spacial score (nSPS) is 42.4. The van der Waals surface area contributed by atoms with Crippen molar-refractivity contribution in [3.63, 3.8) is 0 Å². The number of Topliss-reactive ketones (excluding diaryl/α,β-unsaturated/α-hetero) is 1. The maximum absolute atomic E-state index is 13.3. The molecule has 4 rings (SSSR count). The summed E-state index contributed by atoms with van der Waals surface area (Å²) in [6.07, 6.45) is 6.27. The lowest BCUT2D eigenvalue weighted by molar-refractivity contribution is -0.142. The number of fused-ring (bicyclic) bond motifs is 5. The predicted octanol–water partition coefficient (Wildman–Crippen LogP) is 4.16. The summed E-state index contributed by atoms with van der Waals surface area (Å²) in [5, 5.41) is 3.72. The minimum atomic E-state index is 0.114. The zero-order chi connectivity index (χ0) is 20.3. The Morgan fingerprint density at radius 2 is 1.82 bits per heavy atom. The predicted molar refractivity (Wildman–Crippen MR) is 112 cm³/mol. The van der Waals surface area contributed by atoms with Crippen LogP contribution in [0.2, 0.25) is 0 Å². The molecular formula is C24H38N2O2. The summed E-state index contributed by atoms with van der Waals surface area (Å²) in [5.74, 6) is 2.81. The first-order valence-corrected chi connectivity index (χ1v) is 11.5. The Morgan fingerprint density at radius 3 is 2.50 bits per heavy atom. The van der Waals surface area contributed by atoms with Crippen LogP contribution in [-0.4, -0.2) is 36.2 Å². The van der Waals surface area contributed by atoms with Gasteiger partial charge >= 0.3 is 0 Å². The largest absolute Gasteiger partial charge is 0.387 e. The molecular weight excluding hydrogens is 348 g/mol. The number of carbonyl (C=O) groups is 2. The number of carbonyl (C=O) groups excluding carboxylic acids is 2. The number of nitrogens with one attached hydrogen (secondary N) is 1. The average molecular weight is 387 g/mol. The van der Waals surface area contributed by atoms with E-state index < -0.39 is 0 Å². The first kappa shape index (κ1) is 20.0. The van der Waals surface area contributed by atoms with E-state index in [0.29, 0.717) is 35.9 Å². The highest BCUT2D eigenvalue weighted by Gasteiger charge is 2.61. The molecule has 0 aromatic heterocycles. The van der Waals surface area contributed by atoms with Gasteiger partial charge < -0.3 is 10.2 Å². The molecule has 1 amide bonds. The first-order chi connectivity index (χ1) is 13.3. The van der Waals surface area contributed by atoms with Gasteiger partial charge in [0.05, 0.1) is 0 Å².